The second-order valence-electron chi connectivity index (χ2n) is 7.46. The van der Waals surface area contributed by atoms with Crippen molar-refractivity contribution in [2.45, 2.75) is 40.2 Å². The summed E-state index contributed by atoms with van der Waals surface area (Å²) in [6.45, 7) is 7.28. The molecule has 2 heterocycles. The van der Waals surface area contributed by atoms with Crippen LogP contribution in [-0.2, 0) is 9.59 Å². The maximum atomic E-state index is 12.1. The lowest BCUT2D eigenvalue weighted by Gasteiger charge is -2.07. The molecule has 0 aliphatic rings. The average molecular weight is 431 g/mol. The van der Waals surface area contributed by atoms with E-state index in [1.165, 1.54) is 28.7 Å². The number of Topliss-reactive ketones (excluding diaryl/α,β-unsaturated/α-hetero) is 1. The summed E-state index contributed by atoms with van der Waals surface area (Å²) in [6, 6.07) is 7.45. The van der Waals surface area contributed by atoms with Crippen LogP contribution < -0.4 is 0 Å². The standard InChI is InChI=1S/C23H26O4S2/c1-14(2)11-18(25)16(13-24)5-6-17-7-8-20(28-17)21-9-10-22(29-21)23(27)19(26)12-15(3)4/h7-10,12,14,16,23-24,27H,11,13H2,1-4H3/t16-,23-/m0/s1. The van der Waals surface area contributed by atoms with Gasteiger partial charge in [-0.3, -0.25) is 9.59 Å². The van der Waals surface area contributed by atoms with E-state index in [9.17, 15) is 19.8 Å². The summed E-state index contributed by atoms with van der Waals surface area (Å²) in [5.41, 5.74) is 0.848. The zero-order chi connectivity index (χ0) is 21.6. The van der Waals surface area contributed by atoms with Crippen LogP contribution in [-0.4, -0.2) is 28.4 Å². The first-order valence-corrected chi connectivity index (χ1v) is 11.1. The highest BCUT2D eigenvalue weighted by molar-refractivity contribution is 7.22. The molecule has 2 aromatic rings. The van der Waals surface area contributed by atoms with Crippen LogP contribution in [0.5, 0.6) is 0 Å². The molecule has 154 valence electrons. The largest absolute Gasteiger partial charge is 0.395 e. The van der Waals surface area contributed by atoms with E-state index in [2.05, 4.69) is 11.8 Å². The Morgan fingerprint density at radius 3 is 2.38 bits per heavy atom. The fourth-order valence-corrected chi connectivity index (χ4v) is 4.56. The molecule has 0 fully saturated rings. The van der Waals surface area contributed by atoms with Gasteiger partial charge >= 0.3 is 0 Å². The average Bonchev–Trinajstić information content (AvgIpc) is 3.29. The normalized spacial score (nSPS) is 12.8. The highest BCUT2D eigenvalue weighted by Gasteiger charge is 2.18. The summed E-state index contributed by atoms with van der Waals surface area (Å²) < 4.78 is 0. The highest BCUT2D eigenvalue weighted by Crippen LogP contribution is 2.35. The second kappa shape index (κ2) is 10.7. The summed E-state index contributed by atoms with van der Waals surface area (Å²) in [7, 11) is 0. The van der Waals surface area contributed by atoms with E-state index in [0.717, 1.165) is 20.2 Å². The molecule has 6 heteroatoms. The van der Waals surface area contributed by atoms with E-state index in [4.69, 9.17) is 0 Å². The summed E-state index contributed by atoms with van der Waals surface area (Å²) in [6.07, 6.45) is 0.697. The van der Waals surface area contributed by atoms with Gasteiger partial charge in [0.25, 0.3) is 0 Å². The number of aliphatic hydroxyl groups excluding tert-OH is 2. The highest BCUT2D eigenvalue weighted by atomic mass is 32.1. The Hall–Kier alpha value is -2.04. The number of carbonyl (C=O) groups excluding carboxylic acids is 2. The molecule has 0 aliphatic heterocycles. The van der Waals surface area contributed by atoms with Crippen LogP contribution in [0.15, 0.2) is 35.9 Å². The molecule has 2 rings (SSSR count). The molecule has 2 aromatic heterocycles. The number of allylic oxidation sites excluding steroid dienone is 1. The van der Waals surface area contributed by atoms with Gasteiger partial charge in [0.2, 0.25) is 0 Å². The van der Waals surface area contributed by atoms with Crippen molar-refractivity contribution < 1.29 is 19.8 Å². The number of thiophene rings is 2. The second-order valence-corrected chi connectivity index (χ2v) is 9.66. The topological polar surface area (TPSA) is 74.6 Å². The molecular formula is C23H26O4S2. The fourth-order valence-electron chi connectivity index (χ4n) is 2.60. The number of carbonyl (C=O) groups is 2. The molecule has 4 nitrogen and oxygen atoms in total. The van der Waals surface area contributed by atoms with Crippen LogP contribution in [0, 0.1) is 23.7 Å². The van der Waals surface area contributed by atoms with Gasteiger partial charge in [0.15, 0.2) is 11.9 Å². The van der Waals surface area contributed by atoms with Crippen molar-refractivity contribution in [3.8, 4) is 21.6 Å². The van der Waals surface area contributed by atoms with Gasteiger partial charge < -0.3 is 10.2 Å². The first-order chi connectivity index (χ1) is 13.7. The van der Waals surface area contributed by atoms with Gasteiger partial charge in [0, 0.05) is 21.1 Å². The van der Waals surface area contributed by atoms with Crippen LogP contribution in [0.3, 0.4) is 0 Å². The van der Waals surface area contributed by atoms with Crippen molar-refractivity contribution in [3.63, 3.8) is 0 Å². The van der Waals surface area contributed by atoms with Gasteiger partial charge in [0.05, 0.1) is 11.5 Å². The van der Waals surface area contributed by atoms with Crippen LogP contribution in [0.2, 0.25) is 0 Å². The maximum absolute atomic E-state index is 12.1. The van der Waals surface area contributed by atoms with Crippen LogP contribution in [0.4, 0.5) is 0 Å². The molecular weight excluding hydrogens is 404 g/mol. The molecule has 0 amide bonds. The lowest BCUT2D eigenvalue weighted by Crippen LogP contribution is -2.18. The lowest BCUT2D eigenvalue weighted by atomic mass is 9.97. The predicted molar refractivity (Wildman–Crippen MR) is 119 cm³/mol. The van der Waals surface area contributed by atoms with E-state index < -0.39 is 12.0 Å². The maximum Gasteiger partial charge on any atom is 0.189 e. The van der Waals surface area contributed by atoms with Crippen LogP contribution >= 0.6 is 22.7 Å². The van der Waals surface area contributed by atoms with Crippen LogP contribution in [0.25, 0.3) is 9.75 Å². The third-order valence-corrected chi connectivity index (χ3v) is 6.33. The third kappa shape index (κ3) is 6.76. The van der Waals surface area contributed by atoms with Gasteiger partial charge in [-0.1, -0.05) is 31.3 Å². The smallest absolute Gasteiger partial charge is 0.189 e. The number of hydrogen-bond acceptors (Lipinski definition) is 6. The predicted octanol–water partition coefficient (Wildman–Crippen LogP) is 4.62. The Kier molecular flexibility index (Phi) is 8.54. The quantitative estimate of drug-likeness (QED) is 0.473. The van der Waals surface area contributed by atoms with Crippen molar-refractivity contribution >= 4 is 34.2 Å². The van der Waals surface area contributed by atoms with Crippen LogP contribution in [0.1, 0.15) is 50.0 Å². The molecule has 2 atom stereocenters. The molecule has 0 unspecified atom stereocenters. The summed E-state index contributed by atoms with van der Waals surface area (Å²) >= 11 is 2.85. The van der Waals surface area contributed by atoms with Gasteiger partial charge in [-0.05, 0) is 50.1 Å². The number of hydrogen-bond donors (Lipinski definition) is 2. The molecule has 0 bridgehead atoms. The van der Waals surface area contributed by atoms with E-state index >= 15 is 0 Å². The minimum absolute atomic E-state index is 0.0373. The Morgan fingerprint density at radius 1 is 1.10 bits per heavy atom. The summed E-state index contributed by atoms with van der Waals surface area (Å²) in [5.74, 6) is 5.09. The molecule has 0 saturated heterocycles. The number of aliphatic hydroxyl groups is 2. The molecule has 0 radical (unpaired) electrons. The Morgan fingerprint density at radius 2 is 1.76 bits per heavy atom. The van der Waals surface area contributed by atoms with Gasteiger partial charge in [-0.15, -0.1) is 22.7 Å². The van der Waals surface area contributed by atoms with Gasteiger partial charge in [-0.25, -0.2) is 0 Å². The SMILES string of the molecule is CC(C)=CC(=O)[C@H](O)c1ccc(-c2ccc(C#C[C@@H](CO)C(=O)CC(C)C)s2)s1. The fraction of sp³-hybridized carbons (Fsp3) is 0.391. The number of rotatable bonds is 8. The van der Waals surface area contributed by atoms with Crippen molar-refractivity contribution in [2.24, 2.45) is 11.8 Å². The molecule has 0 saturated carbocycles. The summed E-state index contributed by atoms with van der Waals surface area (Å²) in [4.78, 5) is 27.4. The Bertz CT molecular complexity index is 949. The lowest BCUT2D eigenvalue weighted by molar-refractivity contribution is -0.123. The first kappa shape index (κ1) is 23.2. The molecule has 29 heavy (non-hydrogen) atoms. The molecule has 0 spiro atoms. The van der Waals surface area contributed by atoms with Gasteiger partial charge in [0.1, 0.15) is 11.7 Å². The van der Waals surface area contributed by atoms with Crippen molar-refractivity contribution in [1.82, 2.24) is 0 Å². The minimum Gasteiger partial charge on any atom is -0.395 e. The molecule has 0 aromatic carbocycles. The van der Waals surface area contributed by atoms with Crippen molar-refractivity contribution in [1.29, 1.82) is 0 Å². The van der Waals surface area contributed by atoms with E-state index in [1.807, 2.05) is 45.9 Å². The monoisotopic (exact) mass is 430 g/mol. The minimum atomic E-state index is -1.15. The van der Waals surface area contributed by atoms with Crippen molar-refractivity contribution in [2.75, 3.05) is 6.61 Å². The van der Waals surface area contributed by atoms with Gasteiger partial charge in [-0.2, -0.15) is 0 Å². The zero-order valence-corrected chi connectivity index (χ0v) is 18.7. The Balaban J connectivity index is 2.13. The molecule has 2 N–H and O–H groups in total. The Labute approximate surface area is 179 Å². The zero-order valence-electron chi connectivity index (χ0n) is 17.1. The number of ketones is 2. The van der Waals surface area contributed by atoms with Crippen molar-refractivity contribution in [3.05, 3.63) is 45.7 Å². The summed E-state index contributed by atoms with van der Waals surface area (Å²) in [5, 5.41) is 19.7. The molecule has 0 aliphatic carbocycles. The first-order valence-electron chi connectivity index (χ1n) is 9.43. The van der Waals surface area contributed by atoms with E-state index in [0.29, 0.717) is 11.3 Å². The van der Waals surface area contributed by atoms with E-state index in [-0.39, 0.29) is 24.1 Å². The third-order valence-electron chi connectivity index (χ3n) is 4.00. The van der Waals surface area contributed by atoms with E-state index in [1.54, 1.807) is 6.07 Å².